The lowest BCUT2D eigenvalue weighted by Crippen LogP contribution is -2.28. The Kier molecular flexibility index (Phi) is 2.95. The van der Waals surface area contributed by atoms with Gasteiger partial charge in [-0.15, -0.1) is 0 Å². The van der Waals surface area contributed by atoms with Crippen LogP contribution in [0, 0.1) is 0 Å². The molecule has 1 aromatic heterocycles. The Labute approximate surface area is 77.6 Å². The van der Waals surface area contributed by atoms with Crippen LogP contribution in [0.2, 0.25) is 0 Å². The molecule has 0 bridgehead atoms. The molecule has 7 heteroatoms. The third-order valence-electron chi connectivity index (χ3n) is 1.56. The van der Waals surface area contributed by atoms with Gasteiger partial charge in [0.1, 0.15) is 6.10 Å². The Bertz CT molecular complexity index is 367. The van der Waals surface area contributed by atoms with E-state index in [4.69, 9.17) is 10.2 Å². The largest absolute Gasteiger partial charge is 0.479 e. The van der Waals surface area contributed by atoms with Crippen LogP contribution in [0.5, 0.6) is 0 Å². The number of hydrogen-bond acceptors (Lipinski definition) is 5. The lowest BCUT2D eigenvalue weighted by molar-refractivity contribution is -0.153. The van der Waals surface area contributed by atoms with Crippen molar-refractivity contribution in [3.8, 4) is 0 Å². The summed E-state index contributed by atoms with van der Waals surface area (Å²) in [5.74, 6) is -1.56. The van der Waals surface area contributed by atoms with E-state index in [9.17, 15) is 14.7 Å². The van der Waals surface area contributed by atoms with Crippen LogP contribution in [0.25, 0.3) is 0 Å². The van der Waals surface area contributed by atoms with E-state index in [2.05, 4.69) is 5.10 Å². The molecule has 0 spiro atoms. The number of aliphatic carboxylic acids is 1. The molecule has 0 aliphatic carbocycles. The van der Waals surface area contributed by atoms with Crippen LogP contribution in [0.15, 0.2) is 16.9 Å². The van der Waals surface area contributed by atoms with Crippen LogP contribution >= 0.6 is 0 Å². The number of carbonyl (C=O) groups is 1. The molecular weight excluding hydrogens is 192 g/mol. The van der Waals surface area contributed by atoms with Gasteiger partial charge in [0.05, 0.1) is 5.69 Å². The second-order valence-corrected chi connectivity index (χ2v) is 2.57. The summed E-state index contributed by atoms with van der Waals surface area (Å²) in [6.07, 6.45) is -3.63. The molecule has 0 radical (unpaired) electrons. The number of aromatic nitrogens is 2. The molecule has 76 valence electrons. The van der Waals surface area contributed by atoms with E-state index < -0.39 is 23.7 Å². The van der Waals surface area contributed by atoms with Crippen molar-refractivity contribution < 1.29 is 20.1 Å². The maximum atomic E-state index is 10.6. The van der Waals surface area contributed by atoms with E-state index in [1.54, 1.807) is 0 Å². The monoisotopic (exact) mass is 200 g/mol. The smallest absolute Gasteiger partial charge is 0.335 e. The average Bonchev–Trinajstić information content (AvgIpc) is 2.16. The van der Waals surface area contributed by atoms with E-state index in [0.29, 0.717) is 0 Å². The fourth-order valence-corrected chi connectivity index (χ4v) is 0.817. The van der Waals surface area contributed by atoms with Crippen molar-refractivity contribution in [3.05, 3.63) is 28.2 Å². The van der Waals surface area contributed by atoms with Crippen molar-refractivity contribution in [1.29, 1.82) is 0 Å². The Morgan fingerprint density at radius 1 is 1.43 bits per heavy atom. The summed E-state index contributed by atoms with van der Waals surface area (Å²) in [4.78, 5) is 20.8. The Morgan fingerprint density at radius 3 is 2.50 bits per heavy atom. The predicted octanol–water partition coefficient (Wildman–Crippen LogP) is -1.75. The lowest BCUT2D eigenvalue weighted by Gasteiger charge is -2.11. The molecule has 0 aliphatic rings. The summed E-state index contributed by atoms with van der Waals surface area (Å²) in [6.45, 7) is 0. The number of nitrogens with zero attached hydrogens (tertiary/aromatic N) is 1. The summed E-state index contributed by atoms with van der Waals surface area (Å²) in [6, 6.07) is 2.20. The van der Waals surface area contributed by atoms with Gasteiger partial charge in [0, 0.05) is 6.07 Å². The molecule has 2 unspecified atom stereocenters. The van der Waals surface area contributed by atoms with Crippen molar-refractivity contribution in [1.82, 2.24) is 10.2 Å². The number of H-pyrrole nitrogens is 1. The average molecular weight is 200 g/mol. The van der Waals surface area contributed by atoms with Gasteiger partial charge >= 0.3 is 5.97 Å². The summed E-state index contributed by atoms with van der Waals surface area (Å²) in [5.41, 5.74) is -0.592. The quantitative estimate of drug-likeness (QED) is 0.458. The SMILES string of the molecule is O=C(O)C(O)C(O)c1ccc(=O)[nH]n1. The maximum Gasteiger partial charge on any atom is 0.335 e. The molecule has 0 fully saturated rings. The van der Waals surface area contributed by atoms with Gasteiger partial charge in [-0.2, -0.15) is 5.10 Å². The van der Waals surface area contributed by atoms with E-state index >= 15 is 0 Å². The van der Waals surface area contributed by atoms with Gasteiger partial charge in [0.2, 0.25) is 0 Å². The van der Waals surface area contributed by atoms with E-state index in [1.807, 2.05) is 5.10 Å². The normalized spacial score (nSPS) is 14.7. The number of hydrogen-bond donors (Lipinski definition) is 4. The molecule has 14 heavy (non-hydrogen) atoms. The van der Waals surface area contributed by atoms with Crippen molar-refractivity contribution in [2.75, 3.05) is 0 Å². The van der Waals surface area contributed by atoms with Crippen LogP contribution in [0.1, 0.15) is 11.8 Å². The third-order valence-corrected chi connectivity index (χ3v) is 1.56. The summed E-state index contributed by atoms with van der Waals surface area (Å²) in [5, 5.41) is 31.9. The molecule has 0 amide bonds. The van der Waals surface area contributed by atoms with E-state index in [-0.39, 0.29) is 5.69 Å². The van der Waals surface area contributed by atoms with Gasteiger partial charge in [-0.25, -0.2) is 9.89 Å². The maximum absolute atomic E-state index is 10.6. The third kappa shape index (κ3) is 2.15. The lowest BCUT2D eigenvalue weighted by atomic mass is 10.1. The van der Waals surface area contributed by atoms with Gasteiger partial charge < -0.3 is 15.3 Å². The first-order chi connectivity index (χ1) is 6.52. The van der Waals surface area contributed by atoms with E-state index in [1.165, 1.54) is 0 Å². The molecule has 0 aliphatic heterocycles. The number of carboxylic acids is 1. The van der Waals surface area contributed by atoms with Crippen LogP contribution in [0.3, 0.4) is 0 Å². The molecule has 1 aromatic rings. The van der Waals surface area contributed by atoms with Crippen molar-refractivity contribution >= 4 is 5.97 Å². The highest BCUT2D eigenvalue weighted by atomic mass is 16.4. The van der Waals surface area contributed by atoms with Gasteiger partial charge in [0.25, 0.3) is 5.56 Å². The zero-order valence-electron chi connectivity index (χ0n) is 6.91. The topological polar surface area (TPSA) is 124 Å². The first kappa shape index (κ1) is 10.4. The fourth-order valence-electron chi connectivity index (χ4n) is 0.817. The number of rotatable bonds is 3. The number of nitrogens with one attached hydrogen (secondary N) is 1. The summed E-state index contributed by atoms with van der Waals surface area (Å²) in [7, 11) is 0. The molecular formula is C7H8N2O5. The second-order valence-electron chi connectivity index (χ2n) is 2.57. The first-order valence-electron chi connectivity index (χ1n) is 3.67. The van der Waals surface area contributed by atoms with Crippen molar-refractivity contribution in [3.63, 3.8) is 0 Å². The molecule has 0 saturated carbocycles. The number of aliphatic hydroxyl groups is 2. The fraction of sp³-hybridized carbons (Fsp3) is 0.286. The minimum Gasteiger partial charge on any atom is -0.479 e. The van der Waals surface area contributed by atoms with Crippen molar-refractivity contribution in [2.45, 2.75) is 12.2 Å². The molecule has 1 heterocycles. The Balaban J connectivity index is 2.89. The van der Waals surface area contributed by atoms with Gasteiger partial charge in [0.15, 0.2) is 6.10 Å². The zero-order valence-corrected chi connectivity index (χ0v) is 6.91. The number of aliphatic hydroxyl groups excluding tert-OH is 2. The molecule has 0 saturated heterocycles. The van der Waals surface area contributed by atoms with Crippen LogP contribution in [-0.4, -0.2) is 37.6 Å². The molecule has 1 rings (SSSR count). The predicted molar refractivity (Wildman–Crippen MR) is 43.5 cm³/mol. The number of aromatic amines is 1. The van der Waals surface area contributed by atoms with Crippen LogP contribution < -0.4 is 5.56 Å². The molecule has 7 nitrogen and oxygen atoms in total. The van der Waals surface area contributed by atoms with Gasteiger partial charge in [-0.05, 0) is 6.07 Å². The van der Waals surface area contributed by atoms with Crippen molar-refractivity contribution in [2.24, 2.45) is 0 Å². The number of carboxylic acid groups (broad SMARTS) is 1. The van der Waals surface area contributed by atoms with Crippen LogP contribution in [-0.2, 0) is 4.79 Å². The minimum absolute atomic E-state index is 0.112. The molecule has 4 N–H and O–H groups in total. The Morgan fingerprint density at radius 2 is 2.07 bits per heavy atom. The van der Waals surface area contributed by atoms with Gasteiger partial charge in [-0.1, -0.05) is 0 Å². The highest BCUT2D eigenvalue weighted by Gasteiger charge is 2.26. The zero-order chi connectivity index (χ0) is 10.7. The Hall–Kier alpha value is -1.73. The second kappa shape index (κ2) is 3.99. The molecule has 0 aromatic carbocycles. The minimum atomic E-state index is -1.96. The highest BCUT2D eigenvalue weighted by molar-refractivity contribution is 5.72. The molecule has 2 atom stereocenters. The summed E-state index contributed by atoms with van der Waals surface area (Å²) >= 11 is 0. The van der Waals surface area contributed by atoms with Crippen LogP contribution in [0.4, 0.5) is 0 Å². The van der Waals surface area contributed by atoms with Gasteiger partial charge in [-0.3, -0.25) is 4.79 Å². The first-order valence-corrected chi connectivity index (χ1v) is 3.67. The highest BCUT2D eigenvalue weighted by Crippen LogP contribution is 2.12. The summed E-state index contributed by atoms with van der Waals surface area (Å²) < 4.78 is 0. The van der Waals surface area contributed by atoms with E-state index in [0.717, 1.165) is 12.1 Å². The standard InChI is InChI=1S/C7H8N2O5/c10-4-2-1-3(8-9-4)5(11)6(12)7(13)14/h1-2,5-6,11-12H,(H,9,10)(H,13,14).